The van der Waals surface area contributed by atoms with Crippen molar-refractivity contribution in [3.8, 4) is 0 Å². The molecule has 0 aliphatic carbocycles. The zero-order valence-corrected chi connectivity index (χ0v) is 14.4. The number of hydrogen-bond acceptors (Lipinski definition) is 3. The smallest absolute Gasteiger partial charge is 0.407 e. The Labute approximate surface area is 125 Å². The van der Waals surface area contributed by atoms with Gasteiger partial charge in [-0.25, -0.2) is 4.79 Å². The maximum atomic E-state index is 11.8. The highest BCUT2D eigenvalue weighted by molar-refractivity contribution is 5.68. The van der Waals surface area contributed by atoms with Gasteiger partial charge in [0.15, 0.2) is 0 Å². The van der Waals surface area contributed by atoms with E-state index in [-0.39, 0.29) is 12.1 Å². The van der Waals surface area contributed by atoms with Crippen LogP contribution in [-0.2, 0) is 4.74 Å². The minimum Gasteiger partial charge on any atom is -0.444 e. The lowest BCUT2D eigenvalue weighted by molar-refractivity contribution is 0.0489. The summed E-state index contributed by atoms with van der Waals surface area (Å²) in [5, 5.41) is 6.46. The van der Waals surface area contributed by atoms with Crippen molar-refractivity contribution in [1.82, 2.24) is 10.6 Å². The molecule has 0 bridgehead atoms. The van der Waals surface area contributed by atoms with Gasteiger partial charge in [-0.3, -0.25) is 0 Å². The molecule has 0 fully saturated rings. The number of nitrogens with one attached hydrogen (secondary N) is 2. The van der Waals surface area contributed by atoms with Crippen LogP contribution < -0.4 is 10.6 Å². The van der Waals surface area contributed by atoms with Gasteiger partial charge in [-0.2, -0.15) is 0 Å². The van der Waals surface area contributed by atoms with Gasteiger partial charge in [0.1, 0.15) is 5.60 Å². The van der Waals surface area contributed by atoms with Crippen molar-refractivity contribution >= 4 is 6.09 Å². The quantitative estimate of drug-likeness (QED) is 0.715. The first-order chi connectivity index (χ1) is 9.15. The molecule has 0 aromatic heterocycles. The molecule has 4 nitrogen and oxygen atoms in total. The van der Waals surface area contributed by atoms with Crippen molar-refractivity contribution in [3.05, 3.63) is 0 Å². The van der Waals surface area contributed by atoms with Crippen molar-refractivity contribution in [3.63, 3.8) is 0 Å². The predicted molar refractivity (Wildman–Crippen MR) is 85.0 cm³/mol. The number of rotatable bonds is 8. The van der Waals surface area contributed by atoms with Gasteiger partial charge >= 0.3 is 6.09 Å². The Hall–Kier alpha value is -0.770. The van der Waals surface area contributed by atoms with Crippen molar-refractivity contribution in [1.29, 1.82) is 0 Å². The molecule has 0 rings (SSSR count). The summed E-state index contributed by atoms with van der Waals surface area (Å²) in [4.78, 5) is 11.8. The van der Waals surface area contributed by atoms with E-state index < -0.39 is 5.60 Å². The van der Waals surface area contributed by atoms with Gasteiger partial charge < -0.3 is 15.4 Å². The molecule has 0 saturated heterocycles. The van der Waals surface area contributed by atoms with E-state index >= 15 is 0 Å². The molecule has 0 aliphatic rings. The van der Waals surface area contributed by atoms with Gasteiger partial charge in [-0.05, 0) is 40.0 Å². The van der Waals surface area contributed by atoms with Crippen LogP contribution in [0.1, 0.15) is 67.7 Å². The fourth-order valence-electron chi connectivity index (χ4n) is 1.85. The Morgan fingerprint density at radius 2 is 1.80 bits per heavy atom. The summed E-state index contributed by atoms with van der Waals surface area (Å²) in [6.45, 7) is 15.0. The minimum absolute atomic E-state index is 0.0916. The van der Waals surface area contributed by atoms with Gasteiger partial charge in [0.05, 0.1) is 0 Å². The third-order valence-corrected chi connectivity index (χ3v) is 3.18. The van der Waals surface area contributed by atoms with Crippen LogP contribution in [0.3, 0.4) is 0 Å². The number of ether oxygens (including phenoxy) is 1. The van der Waals surface area contributed by atoms with Gasteiger partial charge in [0, 0.05) is 18.6 Å². The normalized spacial score (nSPS) is 15.0. The van der Waals surface area contributed by atoms with E-state index in [1.165, 1.54) is 19.3 Å². The molecule has 1 amide bonds. The molecule has 0 heterocycles. The summed E-state index contributed by atoms with van der Waals surface area (Å²) in [6.07, 6.45) is 3.29. The Morgan fingerprint density at radius 1 is 1.20 bits per heavy atom. The zero-order valence-electron chi connectivity index (χ0n) is 14.4. The first kappa shape index (κ1) is 19.2. The Kier molecular flexibility index (Phi) is 8.86. The van der Waals surface area contributed by atoms with Crippen LogP contribution in [0.15, 0.2) is 0 Å². The molecule has 4 heteroatoms. The average molecular weight is 286 g/mol. The van der Waals surface area contributed by atoms with Crippen LogP contribution in [-0.4, -0.2) is 30.3 Å². The lowest BCUT2D eigenvalue weighted by Crippen LogP contribution is -2.48. The van der Waals surface area contributed by atoms with E-state index in [4.69, 9.17) is 4.74 Å². The molecular formula is C16H34N2O2. The number of carbonyl (C=O) groups excluding carboxylic acids is 1. The van der Waals surface area contributed by atoms with E-state index in [9.17, 15) is 4.79 Å². The first-order valence-electron chi connectivity index (χ1n) is 7.88. The molecule has 2 atom stereocenters. The van der Waals surface area contributed by atoms with Crippen LogP contribution in [0.5, 0.6) is 0 Å². The van der Waals surface area contributed by atoms with E-state index in [0.29, 0.717) is 12.0 Å². The highest BCUT2D eigenvalue weighted by Gasteiger charge is 2.21. The molecule has 120 valence electrons. The van der Waals surface area contributed by atoms with Crippen LogP contribution in [0, 0.1) is 5.92 Å². The maximum Gasteiger partial charge on any atom is 0.407 e. The Morgan fingerprint density at radius 3 is 2.25 bits per heavy atom. The van der Waals surface area contributed by atoms with Crippen LogP contribution in [0.25, 0.3) is 0 Å². The monoisotopic (exact) mass is 286 g/mol. The Bertz CT molecular complexity index is 272. The molecule has 0 aliphatic heterocycles. The summed E-state index contributed by atoms with van der Waals surface area (Å²) in [6, 6.07) is 0.575. The summed E-state index contributed by atoms with van der Waals surface area (Å²) in [5.41, 5.74) is -0.451. The van der Waals surface area contributed by atoms with E-state index in [1.54, 1.807) is 0 Å². The molecule has 0 radical (unpaired) electrons. The number of amides is 1. The second kappa shape index (κ2) is 9.22. The van der Waals surface area contributed by atoms with Gasteiger partial charge in [0.2, 0.25) is 0 Å². The molecule has 2 N–H and O–H groups in total. The van der Waals surface area contributed by atoms with Crippen LogP contribution in [0.2, 0.25) is 0 Å². The molecule has 0 aromatic rings. The highest BCUT2D eigenvalue weighted by atomic mass is 16.6. The second-order valence-corrected chi connectivity index (χ2v) is 6.95. The van der Waals surface area contributed by atoms with E-state index in [0.717, 1.165) is 6.54 Å². The summed E-state index contributed by atoms with van der Waals surface area (Å²) < 4.78 is 5.31. The number of unbranched alkanes of at least 4 members (excludes halogenated alkanes) is 1. The summed E-state index contributed by atoms with van der Waals surface area (Å²) in [5.74, 6) is 0.369. The average Bonchev–Trinajstić information content (AvgIpc) is 2.29. The predicted octanol–water partition coefficient (Wildman–Crippen LogP) is 3.70. The molecular weight excluding hydrogens is 252 g/mol. The third-order valence-electron chi connectivity index (χ3n) is 3.18. The zero-order chi connectivity index (χ0) is 15.8. The molecule has 0 aromatic carbocycles. The summed E-state index contributed by atoms with van der Waals surface area (Å²) in [7, 11) is 0. The second-order valence-electron chi connectivity index (χ2n) is 6.95. The van der Waals surface area contributed by atoms with Gasteiger partial charge in [-0.1, -0.05) is 33.6 Å². The van der Waals surface area contributed by atoms with Gasteiger partial charge in [0.25, 0.3) is 0 Å². The Balaban J connectivity index is 4.20. The summed E-state index contributed by atoms with van der Waals surface area (Å²) >= 11 is 0. The van der Waals surface area contributed by atoms with Crippen molar-refractivity contribution < 1.29 is 9.53 Å². The maximum absolute atomic E-state index is 11.8. The van der Waals surface area contributed by atoms with Crippen molar-refractivity contribution in [2.24, 2.45) is 5.92 Å². The van der Waals surface area contributed by atoms with Gasteiger partial charge in [-0.15, -0.1) is 0 Å². The standard InChI is InChI=1S/C16H34N2O2/c1-8-9-10-13(4)17-11-14(12(2)3)18-15(19)20-16(5,6)7/h12-14,17H,8-11H2,1-7H3,(H,18,19). The lowest BCUT2D eigenvalue weighted by Gasteiger charge is -2.27. The highest BCUT2D eigenvalue weighted by Crippen LogP contribution is 2.09. The number of carbonyl (C=O) groups is 1. The van der Waals surface area contributed by atoms with E-state index in [1.807, 2.05) is 20.8 Å². The largest absolute Gasteiger partial charge is 0.444 e. The van der Waals surface area contributed by atoms with E-state index in [2.05, 4.69) is 38.3 Å². The fourth-order valence-corrected chi connectivity index (χ4v) is 1.85. The number of hydrogen-bond donors (Lipinski definition) is 2. The topological polar surface area (TPSA) is 50.4 Å². The minimum atomic E-state index is -0.451. The molecule has 2 unspecified atom stereocenters. The number of alkyl carbamates (subject to hydrolysis) is 1. The SMILES string of the molecule is CCCCC(C)NCC(NC(=O)OC(C)(C)C)C(C)C. The van der Waals surface area contributed by atoms with Crippen molar-refractivity contribution in [2.75, 3.05) is 6.54 Å². The fraction of sp³-hybridized carbons (Fsp3) is 0.938. The molecule has 0 saturated carbocycles. The first-order valence-corrected chi connectivity index (χ1v) is 7.88. The van der Waals surface area contributed by atoms with Crippen LogP contribution >= 0.6 is 0 Å². The van der Waals surface area contributed by atoms with Crippen LogP contribution in [0.4, 0.5) is 4.79 Å². The third kappa shape index (κ3) is 10.1. The molecule has 20 heavy (non-hydrogen) atoms. The molecule has 0 spiro atoms. The lowest BCUT2D eigenvalue weighted by atomic mass is 10.0. The van der Waals surface area contributed by atoms with Crippen molar-refractivity contribution in [2.45, 2.75) is 85.4 Å².